The number of ether oxygens (including phenoxy) is 1. The summed E-state index contributed by atoms with van der Waals surface area (Å²) in [5.41, 5.74) is 0. The lowest BCUT2D eigenvalue weighted by molar-refractivity contribution is 0.103. The molecule has 0 saturated carbocycles. The van der Waals surface area contributed by atoms with Crippen LogP contribution in [0.2, 0.25) is 0 Å². The number of hydrogen-bond donors (Lipinski definition) is 1. The van der Waals surface area contributed by atoms with Crippen molar-refractivity contribution >= 4 is 0 Å². The molecule has 0 aromatic rings. The first-order valence-electron chi connectivity index (χ1n) is 7.96. The van der Waals surface area contributed by atoms with Gasteiger partial charge in [0.05, 0.1) is 6.10 Å². The lowest BCUT2D eigenvalue weighted by atomic mass is 10.1. The van der Waals surface area contributed by atoms with Gasteiger partial charge in [-0.15, -0.1) is 0 Å². The van der Waals surface area contributed by atoms with E-state index in [-0.39, 0.29) is 0 Å². The highest BCUT2D eigenvalue weighted by Crippen LogP contribution is 2.15. The molecule has 0 radical (unpaired) electrons. The monoisotopic (exact) mass is 254 g/mol. The second-order valence-electron chi connectivity index (χ2n) is 5.85. The molecule has 1 N–H and O–H groups in total. The molecule has 2 aliphatic rings. The maximum Gasteiger partial charge on any atom is 0.0588 e. The fraction of sp³-hybridized carbons (Fsp3) is 1.00. The Morgan fingerprint density at radius 3 is 2.89 bits per heavy atom. The van der Waals surface area contributed by atoms with Crippen LogP contribution in [0.25, 0.3) is 0 Å². The van der Waals surface area contributed by atoms with Crippen LogP contribution in [-0.2, 0) is 4.74 Å². The molecule has 0 spiro atoms. The van der Waals surface area contributed by atoms with Crippen molar-refractivity contribution in [1.29, 1.82) is 0 Å². The van der Waals surface area contributed by atoms with E-state index in [0.717, 1.165) is 19.2 Å². The molecular formula is C15H30N2O. The van der Waals surface area contributed by atoms with Crippen molar-refractivity contribution in [1.82, 2.24) is 10.2 Å². The average Bonchev–Trinajstić information content (AvgIpc) is 2.78. The Labute approximate surface area is 112 Å². The quantitative estimate of drug-likeness (QED) is 0.788. The maximum absolute atomic E-state index is 5.67. The van der Waals surface area contributed by atoms with Gasteiger partial charge in [0.1, 0.15) is 0 Å². The second-order valence-corrected chi connectivity index (χ2v) is 5.85. The van der Waals surface area contributed by atoms with Gasteiger partial charge in [0.2, 0.25) is 0 Å². The normalized spacial score (nSPS) is 30.5. The summed E-state index contributed by atoms with van der Waals surface area (Å²) in [6.07, 6.45) is 9.61. The first kappa shape index (κ1) is 14.3. The Hall–Kier alpha value is -0.120. The minimum atomic E-state index is 0.542. The zero-order valence-corrected chi connectivity index (χ0v) is 12.0. The molecule has 3 nitrogen and oxygen atoms in total. The lowest BCUT2D eigenvalue weighted by Crippen LogP contribution is -2.33. The molecular weight excluding hydrogens is 224 g/mol. The van der Waals surface area contributed by atoms with Crippen molar-refractivity contribution in [2.24, 2.45) is 0 Å². The smallest absolute Gasteiger partial charge is 0.0588 e. The van der Waals surface area contributed by atoms with Gasteiger partial charge in [-0.3, -0.25) is 0 Å². The molecule has 0 aromatic carbocycles. The molecule has 0 bridgehead atoms. The highest BCUT2D eigenvalue weighted by molar-refractivity contribution is 4.76. The predicted molar refractivity (Wildman–Crippen MR) is 76.0 cm³/mol. The fourth-order valence-electron chi connectivity index (χ4n) is 3.22. The summed E-state index contributed by atoms with van der Waals surface area (Å²) in [6, 6.07) is 0.744. The zero-order valence-electron chi connectivity index (χ0n) is 12.0. The third kappa shape index (κ3) is 4.87. The number of nitrogens with one attached hydrogen (secondary N) is 1. The Balaban J connectivity index is 1.58. The fourth-order valence-corrected chi connectivity index (χ4v) is 3.22. The molecule has 3 heteroatoms. The average molecular weight is 254 g/mol. The summed E-state index contributed by atoms with van der Waals surface area (Å²) in [6.45, 7) is 8.28. The summed E-state index contributed by atoms with van der Waals surface area (Å²) >= 11 is 0. The number of rotatable bonds is 6. The highest BCUT2D eigenvalue weighted by Gasteiger charge is 2.18. The van der Waals surface area contributed by atoms with E-state index in [9.17, 15) is 0 Å². The summed E-state index contributed by atoms with van der Waals surface area (Å²) in [5.74, 6) is 0. The number of likely N-dealkylation sites (tertiary alicyclic amines) is 1. The molecule has 2 aliphatic heterocycles. The highest BCUT2D eigenvalue weighted by atomic mass is 16.5. The van der Waals surface area contributed by atoms with E-state index in [1.807, 2.05) is 0 Å². The van der Waals surface area contributed by atoms with E-state index < -0.39 is 0 Å². The summed E-state index contributed by atoms with van der Waals surface area (Å²) < 4.78 is 5.67. The van der Waals surface area contributed by atoms with Crippen molar-refractivity contribution in [3.63, 3.8) is 0 Å². The largest absolute Gasteiger partial charge is 0.378 e. The predicted octanol–water partition coefficient (Wildman–Crippen LogP) is 2.41. The molecule has 2 atom stereocenters. The molecule has 18 heavy (non-hydrogen) atoms. The Morgan fingerprint density at radius 1 is 1.17 bits per heavy atom. The molecule has 2 rings (SSSR count). The van der Waals surface area contributed by atoms with E-state index in [2.05, 4.69) is 17.1 Å². The topological polar surface area (TPSA) is 24.5 Å². The first-order valence-corrected chi connectivity index (χ1v) is 7.96. The van der Waals surface area contributed by atoms with Crippen molar-refractivity contribution in [3.8, 4) is 0 Å². The summed E-state index contributed by atoms with van der Waals surface area (Å²) in [4.78, 5) is 2.63. The van der Waals surface area contributed by atoms with Crippen LogP contribution in [-0.4, -0.2) is 49.8 Å². The molecule has 2 fully saturated rings. The molecule has 2 saturated heterocycles. The van der Waals surface area contributed by atoms with Gasteiger partial charge < -0.3 is 15.0 Å². The van der Waals surface area contributed by atoms with E-state index >= 15 is 0 Å². The van der Waals surface area contributed by atoms with Crippen molar-refractivity contribution < 1.29 is 4.74 Å². The third-order valence-electron chi connectivity index (χ3n) is 4.28. The van der Waals surface area contributed by atoms with Gasteiger partial charge in [0.25, 0.3) is 0 Å². The van der Waals surface area contributed by atoms with Crippen molar-refractivity contribution in [3.05, 3.63) is 0 Å². The van der Waals surface area contributed by atoms with Gasteiger partial charge in [-0.05, 0) is 71.1 Å². The van der Waals surface area contributed by atoms with Crippen LogP contribution in [0.4, 0.5) is 0 Å². The second kappa shape index (κ2) is 8.13. The third-order valence-corrected chi connectivity index (χ3v) is 4.28. The van der Waals surface area contributed by atoms with E-state index in [4.69, 9.17) is 4.74 Å². The van der Waals surface area contributed by atoms with Crippen LogP contribution in [0.1, 0.15) is 51.9 Å². The number of nitrogens with zero attached hydrogens (tertiary/aromatic N) is 1. The van der Waals surface area contributed by atoms with Crippen LogP contribution < -0.4 is 5.32 Å². The van der Waals surface area contributed by atoms with Crippen LogP contribution >= 0.6 is 0 Å². The molecule has 0 aliphatic carbocycles. The molecule has 0 amide bonds. The van der Waals surface area contributed by atoms with Crippen LogP contribution in [0.15, 0.2) is 0 Å². The van der Waals surface area contributed by atoms with Crippen LogP contribution in [0.5, 0.6) is 0 Å². The first-order chi connectivity index (χ1) is 8.88. The standard InChI is InChI=1S/C15H30N2O/c1-2-10-17-11-3-5-14(8-12-17)16-9-7-15-6-4-13-18-15/h14-16H,2-13H2,1H3. The minimum absolute atomic E-state index is 0.542. The lowest BCUT2D eigenvalue weighted by Gasteiger charge is -2.20. The van der Waals surface area contributed by atoms with Crippen LogP contribution in [0, 0.1) is 0 Å². The zero-order chi connectivity index (χ0) is 12.6. The van der Waals surface area contributed by atoms with Gasteiger partial charge in [-0.1, -0.05) is 6.92 Å². The minimum Gasteiger partial charge on any atom is -0.378 e. The van der Waals surface area contributed by atoms with Crippen molar-refractivity contribution in [2.75, 3.05) is 32.8 Å². The van der Waals surface area contributed by atoms with Gasteiger partial charge >= 0.3 is 0 Å². The Kier molecular flexibility index (Phi) is 6.46. The Bertz CT molecular complexity index is 217. The molecule has 0 aromatic heterocycles. The van der Waals surface area contributed by atoms with Crippen LogP contribution in [0.3, 0.4) is 0 Å². The summed E-state index contributed by atoms with van der Waals surface area (Å²) in [5, 5.41) is 3.74. The van der Waals surface area contributed by atoms with Gasteiger partial charge in [0, 0.05) is 12.6 Å². The van der Waals surface area contributed by atoms with Gasteiger partial charge in [-0.25, -0.2) is 0 Å². The number of hydrogen-bond acceptors (Lipinski definition) is 3. The summed E-state index contributed by atoms with van der Waals surface area (Å²) in [7, 11) is 0. The van der Waals surface area contributed by atoms with E-state index in [1.165, 1.54) is 64.6 Å². The SMILES string of the molecule is CCCN1CCCC(NCCC2CCCO2)CC1. The molecule has 2 unspecified atom stereocenters. The molecule has 2 heterocycles. The van der Waals surface area contributed by atoms with E-state index in [1.54, 1.807) is 0 Å². The maximum atomic E-state index is 5.67. The molecule has 106 valence electrons. The Morgan fingerprint density at radius 2 is 2.11 bits per heavy atom. The van der Waals surface area contributed by atoms with Gasteiger partial charge in [-0.2, -0.15) is 0 Å². The van der Waals surface area contributed by atoms with Gasteiger partial charge in [0.15, 0.2) is 0 Å². The van der Waals surface area contributed by atoms with Crippen molar-refractivity contribution in [2.45, 2.75) is 64.0 Å². The van der Waals surface area contributed by atoms with E-state index in [0.29, 0.717) is 6.10 Å².